The molecular formula is C21H23FN4O3. The molecule has 2 N–H and O–H groups in total. The fourth-order valence-corrected chi connectivity index (χ4v) is 4.29. The van der Waals surface area contributed by atoms with Crippen molar-refractivity contribution >= 4 is 11.8 Å². The molecule has 152 valence electrons. The van der Waals surface area contributed by atoms with Crippen LogP contribution >= 0.6 is 0 Å². The van der Waals surface area contributed by atoms with Crippen LogP contribution in [0.3, 0.4) is 0 Å². The fourth-order valence-electron chi connectivity index (χ4n) is 4.29. The summed E-state index contributed by atoms with van der Waals surface area (Å²) in [6, 6.07) is 5.43. The average Bonchev–Trinajstić information content (AvgIpc) is 3.13. The van der Waals surface area contributed by atoms with Crippen LogP contribution in [0.5, 0.6) is 0 Å². The maximum absolute atomic E-state index is 13.3. The van der Waals surface area contributed by atoms with Gasteiger partial charge in [-0.2, -0.15) is 0 Å². The van der Waals surface area contributed by atoms with Gasteiger partial charge < -0.3 is 15.5 Å². The van der Waals surface area contributed by atoms with Crippen LogP contribution < -0.4 is 11.3 Å². The van der Waals surface area contributed by atoms with Crippen LogP contribution in [0.15, 0.2) is 35.3 Å². The topological polar surface area (TPSA) is 88.6 Å². The Morgan fingerprint density at radius 3 is 2.52 bits per heavy atom. The molecule has 1 saturated heterocycles. The minimum Gasteiger partial charge on any atom is -0.365 e. The number of fused-ring (bicyclic) bond motifs is 1. The van der Waals surface area contributed by atoms with Crippen molar-refractivity contribution in [1.82, 2.24) is 14.4 Å². The van der Waals surface area contributed by atoms with Gasteiger partial charge in [-0.1, -0.05) is 0 Å². The maximum Gasteiger partial charge on any atom is 0.268 e. The van der Waals surface area contributed by atoms with E-state index in [4.69, 9.17) is 5.73 Å². The number of carbonyl (C=O) groups is 2. The Labute approximate surface area is 167 Å². The Morgan fingerprint density at radius 2 is 1.90 bits per heavy atom. The Hall–Kier alpha value is -3.00. The van der Waals surface area contributed by atoms with E-state index in [-0.39, 0.29) is 17.4 Å². The number of nitrogens with zero attached hydrogens (tertiary/aromatic N) is 3. The van der Waals surface area contributed by atoms with Crippen LogP contribution in [0, 0.1) is 11.7 Å². The molecule has 0 radical (unpaired) electrons. The van der Waals surface area contributed by atoms with Gasteiger partial charge in [0, 0.05) is 31.5 Å². The molecule has 7 nitrogen and oxygen atoms in total. The van der Waals surface area contributed by atoms with Gasteiger partial charge in [-0.15, -0.1) is 0 Å². The second-order valence-electron chi connectivity index (χ2n) is 7.78. The van der Waals surface area contributed by atoms with Crippen LogP contribution in [0.25, 0.3) is 5.69 Å². The normalized spacial score (nSPS) is 19.2. The Balaban J connectivity index is 1.73. The second kappa shape index (κ2) is 7.44. The fraction of sp³-hybridized carbons (Fsp3) is 0.381. The summed E-state index contributed by atoms with van der Waals surface area (Å²) in [4.78, 5) is 41.8. The number of nitrogens with two attached hydrogens (primary N) is 1. The summed E-state index contributed by atoms with van der Waals surface area (Å²) in [5, 5.41) is 0. The Bertz CT molecular complexity index is 1030. The molecule has 1 fully saturated rings. The van der Waals surface area contributed by atoms with E-state index in [1.807, 2.05) is 7.05 Å². The van der Waals surface area contributed by atoms with Crippen LogP contribution in [0.2, 0.25) is 0 Å². The molecule has 29 heavy (non-hydrogen) atoms. The van der Waals surface area contributed by atoms with E-state index in [2.05, 4.69) is 4.90 Å². The predicted molar refractivity (Wildman–Crippen MR) is 105 cm³/mol. The highest BCUT2D eigenvalue weighted by atomic mass is 19.1. The number of halogens is 1. The van der Waals surface area contributed by atoms with Gasteiger partial charge in [-0.3, -0.25) is 19.0 Å². The molecule has 0 saturated carbocycles. The minimum absolute atomic E-state index is 0.0276. The average molecular weight is 398 g/mol. The highest BCUT2D eigenvalue weighted by Crippen LogP contribution is 2.25. The number of likely N-dealkylation sites (tertiary alicyclic amines) is 1. The van der Waals surface area contributed by atoms with Crippen molar-refractivity contribution in [2.45, 2.75) is 19.4 Å². The molecule has 2 aromatic rings. The van der Waals surface area contributed by atoms with Crippen molar-refractivity contribution in [1.29, 1.82) is 0 Å². The summed E-state index contributed by atoms with van der Waals surface area (Å²) in [5.41, 5.74) is 6.69. The van der Waals surface area contributed by atoms with E-state index in [1.165, 1.54) is 28.8 Å². The van der Waals surface area contributed by atoms with Gasteiger partial charge in [0.1, 0.15) is 11.4 Å². The van der Waals surface area contributed by atoms with Crippen LogP contribution in [-0.2, 0) is 17.8 Å². The summed E-state index contributed by atoms with van der Waals surface area (Å²) in [7, 11) is 2.00. The zero-order valence-electron chi connectivity index (χ0n) is 16.2. The smallest absolute Gasteiger partial charge is 0.268 e. The van der Waals surface area contributed by atoms with Crippen molar-refractivity contribution in [3.8, 4) is 5.69 Å². The van der Waals surface area contributed by atoms with Gasteiger partial charge in [-0.25, -0.2) is 4.39 Å². The van der Waals surface area contributed by atoms with Gasteiger partial charge in [0.2, 0.25) is 5.91 Å². The molecule has 0 aliphatic carbocycles. The van der Waals surface area contributed by atoms with Crippen molar-refractivity contribution in [3.63, 3.8) is 0 Å². The zero-order chi connectivity index (χ0) is 20.7. The summed E-state index contributed by atoms with van der Waals surface area (Å²) >= 11 is 0. The minimum atomic E-state index is -0.792. The van der Waals surface area contributed by atoms with E-state index in [9.17, 15) is 18.8 Å². The summed E-state index contributed by atoms with van der Waals surface area (Å²) < 4.78 is 14.6. The number of primary amides is 1. The monoisotopic (exact) mass is 398 g/mol. The first-order valence-corrected chi connectivity index (χ1v) is 9.65. The molecule has 1 unspecified atom stereocenters. The third-order valence-corrected chi connectivity index (χ3v) is 5.80. The molecule has 1 aromatic heterocycles. The summed E-state index contributed by atoms with van der Waals surface area (Å²) in [6.45, 7) is 2.41. The van der Waals surface area contributed by atoms with E-state index in [0.29, 0.717) is 36.3 Å². The lowest BCUT2D eigenvalue weighted by Gasteiger charge is -2.32. The second-order valence-corrected chi connectivity index (χ2v) is 7.78. The number of amides is 2. The lowest BCUT2D eigenvalue weighted by Crippen LogP contribution is -2.43. The Kier molecular flexibility index (Phi) is 4.96. The number of carbonyl (C=O) groups excluding carboxylic acids is 2. The zero-order valence-corrected chi connectivity index (χ0v) is 16.2. The Morgan fingerprint density at radius 1 is 1.17 bits per heavy atom. The lowest BCUT2D eigenvalue weighted by molar-refractivity contribution is -0.136. The van der Waals surface area contributed by atoms with Crippen molar-refractivity contribution in [2.24, 2.45) is 11.7 Å². The van der Waals surface area contributed by atoms with Gasteiger partial charge >= 0.3 is 0 Å². The molecule has 0 spiro atoms. The van der Waals surface area contributed by atoms with E-state index in [1.54, 1.807) is 11.1 Å². The van der Waals surface area contributed by atoms with E-state index in [0.717, 1.165) is 19.5 Å². The van der Waals surface area contributed by atoms with E-state index >= 15 is 0 Å². The lowest BCUT2D eigenvalue weighted by atomic mass is 9.95. The number of pyridine rings is 1. The van der Waals surface area contributed by atoms with Crippen molar-refractivity contribution in [3.05, 3.63) is 63.3 Å². The van der Waals surface area contributed by atoms with Crippen LogP contribution in [0.4, 0.5) is 4.39 Å². The van der Waals surface area contributed by atoms with Crippen molar-refractivity contribution in [2.75, 3.05) is 26.7 Å². The quantitative estimate of drug-likeness (QED) is 0.833. The largest absolute Gasteiger partial charge is 0.365 e. The van der Waals surface area contributed by atoms with E-state index < -0.39 is 17.3 Å². The first kappa shape index (κ1) is 19.3. The molecule has 2 amide bonds. The number of hydrogen-bond donors (Lipinski definition) is 1. The predicted octanol–water partition coefficient (Wildman–Crippen LogP) is 0.912. The van der Waals surface area contributed by atoms with Crippen LogP contribution in [-0.4, -0.2) is 52.9 Å². The maximum atomic E-state index is 13.3. The molecule has 8 heteroatoms. The van der Waals surface area contributed by atoms with Crippen LogP contribution in [0.1, 0.15) is 27.9 Å². The molecule has 2 aliphatic rings. The van der Waals surface area contributed by atoms with Crippen molar-refractivity contribution < 1.29 is 14.0 Å². The first-order valence-electron chi connectivity index (χ1n) is 9.65. The molecular weight excluding hydrogens is 375 g/mol. The summed E-state index contributed by atoms with van der Waals surface area (Å²) in [6.07, 6.45) is 2.87. The first-order chi connectivity index (χ1) is 13.8. The number of aromatic nitrogens is 1. The number of hydrogen-bond acceptors (Lipinski definition) is 4. The summed E-state index contributed by atoms with van der Waals surface area (Å²) in [5.74, 6) is -1.14. The van der Waals surface area contributed by atoms with Gasteiger partial charge in [0.15, 0.2) is 0 Å². The van der Waals surface area contributed by atoms with Gasteiger partial charge in [-0.05, 0) is 61.8 Å². The highest BCUT2D eigenvalue weighted by Gasteiger charge is 2.33. The highest BCUT2D eigenvalue weighted by molar-refractivity contribution is 5.94. The molecule has 4 rings (SSSR count). The molecule has 3 heterocycles. The molecule has 1 atom stereocenters. The molecule has 2 aliphatic heterocycles. The number of rotatable bonds is 3. The standard InChI is InChI=1S/C21H23FN4O3/c1-24-8-6-13(10-24)20(28)25-9-7-17-14(11-25)12-26(21(29)18(17)19(23)27)16-4-2-15(22)3-5-16/h2-5,12-13H,6-11H2,1H3,(H2,23,27). The SMILES string of the molecule is CN1CCC(C(=O)N2CCc3c(cn(-c4ccc(F)cc4)c(=O)c3C(N)=O)C2)C1. The van der Waals surface area contributed by atoms with Gasteiger partial charge in [0.25, 0.3) is 11.5 Å². The molecule has 0 bridgehead atoms. The number of benzene rings is 1. The molecule has 1 aromatic carbocycles. The third-order valence-electron chi connectivity index (χ3n) is 5.80. The van der Waals surface area contributed by atoms with Gasteiger partial charge in [0.05, 0.1) is 5.92 Å². The third kappa shape index (κ3) is 3.55.